The van der Waals surface area contributed by atoms with Crippen molar-refractivity contribution in [1.82, 2.24) is 19.5 Å². The number of benzene rings is 5. The molecular weight excluding hydrogens is 536 g/mol. The molecule has 0 radical (unpaired) electrons. The van der Waals surface area contributed by atoms with Crippen molar-refractivity contribution in [2.45, 2.75) is 19.3 Å². The molecule has 208 valence electrons. The van der Waals surface area contributed by atoms with Crippen molar-refractivity contribution < 1.29 is 0 Å². The molecule has 0 bridgehead atoms. The molecule has 0 atom stereocenters. The lowest BCUT2D eigenvalue weighted by Crippen LogP contribution is -2.15. The molecular formula is C40H28N4. The van der Waals surface area contributed by atoms with E-state index in [0.717, 1.165) is 28.2 Å². The van der Waals surface area contributed by atoms with Gasteiger partial charge in [0, 0.05) is 56.7 Å². The van der Waals surface area contributed by atoms with E-state index in [-0.39, 0.29) is 5.41 Å². The predicted molar refractivity (Wildman–Crippen MR) is 180 cm³/mol. The quantitative estimate of drug-likeness (QED) is 0.215. The van der Waals surface area contributed by atoms with Crippen LogP contribution in [0, 0.1) is 0 Å². The highest BCUT2D eigenvalue weighted by Crippen LogP contribution is 2.56. The van der Waals surface area contributed by atoms with E-state index in [2.05, 4.69) is 127 Å². The molecule has 3 aromatic heterocycles. The van der Waals surface area contributed by atoms with Gasteiger partial charge in [-0.05, 0) is 34.2 Å². The average molecular weight is 565 g/mol. The third-order valence-electron chi connectivity index (χ3n) is 9.26. The van der Waals surface area contributed by atoms with Gasteiger partial charge in [0.25, 0.3) is 0 Å². The van der Waals surface area contributed by atoms with E-state index in [9.17, 15) is 0 Å². The normalized spacial score (nSPS) is 13.4. The summed E-state index contributed by atoms with van der Waals surface area (Å²) in [7, 11) is 0. The highest BCUT2D eigenvalue weighted by Gasteiger charge is 2.40. The number of nitrogens with zero attached hydrogens (tertiary/aromatic N) is 4. The number of para-hydroxylation sites is 1. The monoisotopic (exact) mass is 564 g/mol. The second-order valence-corrected chi connectivity index (χ2v) is 12.1. The Morgan fingerprint density at radius 3 is 2.16 bits per heavy atom. The van der Waals surface area contributed by atoms with E-state index in [1.807, 2.05) is 30.5 Å². The maximum absolute atomic E-state index is 5.31. The Labute approximate surface area is 255 Å². The zero-order valence-electron chi connectivity index (χ0n) is 24.5. The Balaban J connectivity index is 1.50. The molecule has 9 rings (SSSR count). The van der Waals surface area contributed by atoms with Crippen molar-refractivity contribution in [3.05, 3.63) is 145 Å². The zero-order valence-corrected chi connectivity index (χ0v) is 24.5. The van der Waals surface area contributed by atoms with Gasteiger partial charge in [0.05, 0.1) is 16.7 Å². The lowest BCUT2D eigenvalue weighted by molar-refractivity contribution is 0.666. The molecule has 0 aliphatic heterocycles. The Morgan fingerprint density at radius 2 is 1.34 bits per heavy atom. The molecule has 3 heterocycles. The fraction of sp³-hybridized carbons (Fsp3) is 0.0750. The van der Waals surface area contributed by atoms with Gasteiger partial charge in [0.1, 0.15) is 5.82 Å². The minimum atomic E-state index is -0.196. The van der Waals surface area contributed by atoms with Crippen molar-refractivity contribution in [1.29, 1.82) is 0 Å². The van der Waals surface area contributed by atoms with Gasteiger partial charge < -0.3 is 0 Å². The molecule has 4 heteroatoms. The van der Waals surface area contributed by atoms with Gasteiger partial charge in [-0.3, -0.25) is 9.55 Å². The van der Waals surface area contributed by atoms with Crippen molar-refractivity contribution in [2.75, 3.05) is 0 Å². The zero-order chi connectivity index (χ0) is 29.4. The summed E-state index contributed by atoms with van der Waals surface area (Å²) in [5, 5.41) is 4.84. The lowest BCUT2D eigenvalue weighted by Gasteiger charge is -2.23. The van der Waals surface area contributed by atoms with Crippen molar-refractivity contribution in [3.63, 3.8) is 0 Å². The fourth-order valence-electron chi connectivity index (χ4n) is 7.37. The largest absolute Gasteiger partial charge is 0.293 e. The number of aromatic nitrogens is 4. The van der Waals surface area contributed by atoms with Crippen LogP contribution in [0.2, 0.25) is 0 Å². The molecule has 0 fully saturated rings. The van der Waals surface area contributed by atoms with E-state index in [0.29, 0.717) is 5.82 Å². The topological polar surface area (TPSA) is 43.6 Å². The molecule has 8 aromatic rings. The summed E-state index contributed by atoms with van der Waals surface area (Å²) in [6.45, 7) is 4.68. The summed E-state index contributed by atoms with van der Waals surface area (Å²) >= 11 is 0. The molecule has 0 N–H and O–H groups in total. The van der Waals surface area contributed by atoms with E-state index in [4.69, 9.17) is 9.97 Å². The van der Waals surface area contributed by atoms with Crippen LogP contribution in [-0.2, 0) is 5.41 Å². The molecule has 1 aliphatic carbocycles. The molecule has 1 aliphatic rings. The van der Waals surface area contributed by atoms with E-state index in [1.165, 1.54) is 49.3 Å². The molecule has 0 saturated heterocycles. The maximum Gasteiger partial charge on any atom is 0.162 e. The third kappa shape index (κ3) is 3.42. The van der Waals surface area contributed by atoms with Crippen molar-refractivity contribution in [2.24, 2.45) is 0 Å². The Morgan fingerprint density at radius 1 is 0.636 bits per heavy atom. The first-order valence-electron chi connectivity index (χ1n) is 15.0. The first kappa shape index (κ1) is 24.9. The standard InChI is InChI=1S/C40H28N4/c1-40(2)31-19-11-9-17-28(31)36-37(40)30-24-41-22-21-27(30)35-29-18-10-12-20-33(29)44(38(35)36)34-23-32(25-13-5-3-6-14-25)42-39(43-34)26-15-7-4-8-16-26/h3-24H,1-2H3. The number of rotatable bonds is 3. The van der Waals surface area contributed by atoms with Crippen LogP contribution in [-0.4, -0.2) is 19.5 Å². The highest BCUT2D eigenvalue weighted by atomic mass is 15.1. The van der Waals surface area contributed by atoms with Crippen LogP contribution < -0.4 is 0 Å². The van der Waals surface area contributed by atoms with Crippen LogP contribution in [0.25, 0.3) is 72.2 Å². The SMILES string of the molecule is CC1(C)c2ccccc2-c2c1c1cnccc1c1c3ccccc3n(-c3cc(-c4ccccc4)nc(-c4ccccc4)n3)c21. The fourth-order valence-corrected chi connectivity index (χ4v) is 7.37. The van der Waals surface area contributed by atoms with Gasteiger partial charge in [0.15, 0.2) is 5.82 Å². The Hall–Kier alpha value is -5.61. The summed E-state index contributed by atoms with van der Waals surface area (Å²) in [6.07, 6.45) is 3.97. The van der Waals surface area contributed by atoms with Gasteiger partial charge in [-0.2, -0.15) is 0 Å². The van der Waals surface area contributed by atoms with Crippen LogP contribution in [0.3, 0.4) is 0 Å². The van der Waals surface area contributed by atoms with Gasteiger partial charge >= 0.3 is 0 Å². The van der Waals surface area contributed by atoms with E-state index < -0.39 is 0 Å². The summed E-state index contributed by atoms with van der Waals surface area (Å²) in [6, 6.07) is 42.6. The molecule has 5 aromatic carbocycles. The predicted octanol–water partition coefficient (Wildman–Crippen LogP) is 9.76. The molecule has 0 saturated carbocycles. The number of hydrogen-bond acceptors (Lipinski definition) is 3. The Kier molecular flexibility index (Phi) is 5.21. The first-order chi connectivity index (χ1) is 21.6. The molecule has 0 spiro atoms. The molecule has 0 amide bonds. The summed E-state index contributed by atoms with van der Waals surface area (Å²) in [5.41, 5.74) is 10.2. The summed E-state index contributed by atoms with van der Waals surface area (Å²) in [4.78, 5) is 15.0. The molecule has 0 unspecified atom stereocenters. The number of pyridine rings is 1. The second-order valence-electron chi connectivity index (χ2n) is 12.1. The van der Waals surface area contributed by atoms with Crippen LogP contribution in [0.1, 0.15) is 25.0 Å². The van der Waals surface area contributed by atoms with Crippen LogP contribution in [0.5, 0.6) is 0 Å². The lowest BCUT2D eigenvalue weighted by atomic mass is 9.80. The van der Waals surface area contributed by atoms with Crippen LogP contribution in [0.4, 0.5) is 0 Å². The van der Waals surface area contributed by atoms with Crippen molar-refractivity contribution >= 4 is 32.6 Å². The van der Waals surface area contributed by atoms with Gasteiger partial charge in [-0.25, -0.2) is 9.97 Å². The third-order valence-corrected chi connectivity index (χ3v) is 9.26. The smallest absolute Gasteiger partial charge is 0.162 e. The first-order valence-corrected chi connectivity index (χ1v) is 15.0. The maximum atomic E-state index is 5.31. The van der Waals surface area contributed by atoms with E-state index >= 15 is 0 Å². The number of fused-ring (bicyclic) bond motifs is 10. The Bertz CT molecular complexity index is 2350. The minimum absolute atomic E-state index is 0.196. The minimum Gasteiger partial charge on any atom is -0.293 e. The average Bonchev–Trinajstić information content (AvgIpc) is 3.55. The van der Waals surface area contributed by atoms with Crippen LogP contribution >= 0.6 is 0 Å². The highest BCUT2D eigenvalue weighted by molar-refractivity contribution is 6.27. The van der Waals surface area contributed by atoms with Gasteiger partial charge in [0.2, 0.25) is 0 Å². The second kappa shape index (κ2) is 9.19. The van der Waals surface area contributed by atoms with Gasteiger partial charge in [-0.15, -0.1) is 0 Å². The summed E-state index contributed by atoms with van der Waals surface area (Å²) < 4.78 is 2.38. The van der Waals surface area contributed by atoms with Crippen molar-refractivity contribution in [3.8, 4) is 39.6 Å². The molecule has 44 heavy (non-hydrogen) atoms. The molecule has 4 nitrogen and oxygen atoms in total. The number of hydrogen-bond donors (Lipinski definition) is 0. The van der Waals surface area contributed by atoms with E-state index in [1.54, 1.807) is 0 Å². The van der Waals surface area contributed by atoms with Crippen LogP contribution in [0.15, 0.2) is 134 Å². The summed E-state index contributed by atoms with van der Waals surface area (Å²) in [5.74, 6) is 1.55. The van der Waals surface area contributed by atoms with Gasteiger partial charge in [-0.1, -0.05) is 117 Å².